The van der Waals surface area contributed by atoms with Crippen LogP contribution in [0.5, 0.6) is 0 Å². The molecule has 0 fully saturated rings. The van der Waals surface area contributed by atoms with E-state index in [2.05, 4.69) is 7.85 Å². The summed E-state index contributed by atoms with van der Waals surface area (Å²) in [4.78, 5) is 11.1. The van der Waals surface area contributed by atoms with Gasteiger partial charge in [-0.2, -0.15) is 0 Å². The lowest BCUT2D eigenvalue weighted by atomic mass is 9.69. The molecule has 54 valence electrons. The zero-order chi connectivity index (χ0) is 7.72. The van der Waals surface area contributed by atoms with Crippen molar-refractivity contribution in [1.82, 2.24) is 0 Å². The Morgan fingerprint density at radius 2 is 2.30 bits per heavy atom. The van der Waals surface area contributed by atoms with E-state index < -0.39 is 0 Å². The van der Waals surface area contributed by atoms with E-state index in [1.54, 1.807) is 6.08 Å². The van der Waals surface area contributed by atoms with Crippen molar-refractivity contribution in [2.45, 2.75) is 26.1 Å². The summed E-state index contributed by atoms with van der Waals surface area (Å²) < 4.78 is 0. The van der Waals surface area contributed by atoms with Crippen LogP contribution in [-0.4, -0.2) is 13.6 Å². The maximum absolute atomic E-state index is 11.1. The molecule has 2 atom stereocenters. The van der Waals surface area contributed by atoms with Gasteiger partial charge in [-0.15, -0.1) is 0 Å². The average Bonchev–Trinajstić information content (AvgIpc) is 1.82. The Morgan fingerprint density at radius 1 is 1.70 bits per heavy atom. The number of ketones is 1. The van der Waals surface area contributed by atoms with Crippen LogP contribution in [0, 0.1) is 5.92 Å². The van der Waals surface area contributed by atoms with E-state index >= 15 is 0 Å². The van der Waals surface area contributed by atoms with Crippen LogP contribution < -0.4 is 0 Å². The molecule has 1 aliphatic carbocycles. The normalized spacial score (nSPS) is 33.8. The highest BCUT2D eigenvalue weighted by atomic mass is 16.1. The molecular formula is C8H13BO. The van der Waals surface area contributed by atoms with Gasteiger partial charge in [-0.1, -0.05) is 18.3 Å². The minimum atomic E-state index is 0.240. The molecule has 10 heavy (non-hydrogen) atoms. The Morgan fingerprint density at radius 3 is 2.80 bits per heavy atom. The molecule has 0 spiro atoms. The van der Waals surface area contributed by atoms with E-state index in [0.717, 1.165) is 6.42 Å². The molecule has 1 nitrogen and oxygen atoms in total. The van der Waals surface area contributed by atoms with Crippen molar-refractivity contribution in [2.75, 3.05) is 0 Å². The molecule has 2 heteroatoms. The Hall–Kier alpha value is -0.525. The standard InChI is InChI=1S/C8H13BO/c1-5-3-7(9)6(2)8(10)4-5/h4,6-7H,3,9H2,1-2H3. The largest absolute Gasteiger partial charge is 0.295 e. The van der Waals surface area contributed by atoms with Gasteiger partial charge in [-0.25, -0.2) is 0 Å². The average molecular weight is 136 g/mol. The molecule has 0 aliphatic heterocycles. The van der Waals surface area contributed by atoms with Crippen molar-refractivity contribution >= 4 is 13.6 Å². The fraction of sp³-hybridized carbons (Fsp3) is 0.625. The number of allylic oxidation sites excluding steroid dienone is 2. The SMILES string of the molecule is BC1CC(C)=CC(=O)C1C. The van der Waals surface area contributed by atoms with Crippen LogP contribution in [0.25, 0.3) is 0 Å². The lowest BCUT2D eigenvalue weighted by Gasteiger charge is -2.22. The third kappa shape index (κ3) is 1.31. The lowest BCUT2D eigenvalue weighted by Crippen LogP contribution is -2.19. The minimum absolute atomic E-state index is 0.240. The summed E-state index contributed by atoms with van der Waals surface area (Å²) in [5.74, 6) is 1.08. The third-order valence-corrected chi connectivity index (χ3v) is 2.33. The molecule has 0 N–H and O–H groups in total. The van der Waals surface area contributed by atoms with Gasteiger partial charge < -0.3 is 0 Å². The summed E-state index contributed by atoms with van der Waals surface area (Å²) in [5, 5.41) is 0. The van der Waals surface area contributed by atoms with Crippen molar-refractivity contribution in [3.63, 3.8) is 0 Å². The summed E-state index contributed by atoms with van der Waals surface area (Å²) in [5.41, 5.74) is 1.23. The highest BCUT2D eigenvalue weighted by Crippen LogP contribution is 2.28. The monoisotopic (exact) mass is 136 g/mol. The first-order chi connectivity index (χ1) is 4.61. The Labute approximate surface area is 62.9 Å². The van der Waals surface area contributed by atoms with Gasteiger partial charge >= 0.3 is 0 Å². The zero-order valence-electron chi connectivity index (χ0n) is 6.85. The van der Waals surface area contributed by atoms with Gasteiger partial charge in [0.1, 0.15) is 7.85 Å². The molecule has 0 aromatic carbocycles. The maximum Gasteiger partial charge on any atom is 0.157 e. The molecule has 0 heterocycles. The molecule has 2 unspecified atom stereocenters. The van der Waals surface area contributed by atoms with Crippen LogP contribution >= 0.6 is 0 Å². The van der Waals surface area contributed by atoms with E-state index in [0.29, 0.717) is 11.6 Å². The zero-order valence-corrected chi connectivity index (χ0v) is 6.85. The predicted octanol–water partition coefficient (Wildman–Crippen LogP) is 0.963. The van der Waals surface area contributed by atoms with Gasteiger partial charge in [0.25, 0.3) is 0 Å². The quantitative estimate of drug-likeness (QED) is 0.453. The topological polar surface area (TPSA) is 17.1 Å². The number of carbonyl (C=O) groups excluding carboxylic acids is 1. The van der Waals surface area contributed by atoms with Crippen molar-refractivity contribution < 1.29 is 4.79 Å². The molecule has 0 aromatic rings. The first-order valence-electron chi connectivity index (χ1n) is 3.82. The van der Waals surface area contributed by atoms with Crippen LogP contribution in [-0.2, 0) is 4.79 Å². The molecular weight excluding hydrogens is 123 g/mol. The lowest BCUT2D eigenvalue weighted by molar-refractivity contribution is -0.118. The molecule has 0 bridgehead atoms. The van der Waals surface area contributed by atoms with Gasteiger partial charge in [0.15, 0.2) is 5.78 Å². The highest BCUT2D eigenvalue weighted by Gasteiger charge is 2.22. The van der Waals surface area contributed by atoms with E-state index in [1.165, 1.54) is 5.57 Å². The molecule has 0 saturated carbocycles. The van der Waals surface area contributed by atoms with Gasteiger partial charge in [0.05, 0.1) is 0 Å². The van der Waals surface area contributed by atoms with Crippen LogP contribution in [0.4, 0.5) is 0 Å². The minimum Gasteiger partial charge on any atom is -0.295 e. The smallest absolute Gasteiger partial charge is 0.157 e. The van der Waals surface area contributed by atoms with E-state index in [1.807, 2.05) is 13.8 Å². The third-order valence-electron chi connectivity index (χ3n) is 2.33. The van der Waals surface area contributed by atoms with Crippen molar-refractivity contribution in [3.05, 3.63) is 11.6 Å². The molecule has 0 radical (unpaired) electrons. The first-order valence-corrected chi connectivity index (χ1v) is 3.82. The molecule has 0 saturated heterocycles. The number of rotatable bonds is 0. The van der Waals surface area contributed by atoms with E-state index in [9.17, 15) is 4.79 Å². The maximum atomic E-state index is 11.1. The van der Waals surface area contributed by atoms with Crippen molar-refractivity contribution in [1.29, 1.82) is 0 Å². The van der Waals surface area contributed by atoms with Crippen molar-refractivity contribution in [2.24, 2.45) is 5.92 Å². The van der Waals surface area contributed by atoms with Crippen LogP contribution in [0.2, 0.25) is 5.82 Å². The van der Waals surface area contributed by atoms with Crippen LogP contribution in [0.1, 0.15) is 20.3 Å². The van der Waals surface area contributed by atoms with Gasteiger partial charge in [-0.05, 0) is 19.4 Å². The summed E-state index contributed by atoms with van der Waals surface area (Å²) in [6, 6.07) is 0. The number of carbonyl (C=O) groups is 1. The fourth-order valence-corrected chi connectivity index (χ4v) is 1.40. The summed E-state index contributed by atoms with van der Waals surface area (Å²) in [6.45, 7) is 4.04. The first kappa shape index (κ1) is 7.58. The predicted molar refractivity (Wildman–Crippen MR) is 44.8 cm³/mol. The van der Waals surface area contributed by atoms with Gasteiger partial charge in [-0.3, -0.25) is 4.79 Å². The highest BCUT2D eigenvalue weighted by molar-refractivity contribution is 6.15. The van der Waals surface area contributed by atoms with E-state index in [-0.39, 0.29) is 5.92 Å². The van der Waals surface area contributed by atoms with E-state index in [4.69, 9.17) is 0 Å². The molecule has 0 amide bonds. The Balaban J connectivity index is 2.79. The molecule has 1 aliphatic rings. The van der Waals surface area contributed by atoms with Crippen LogP contribution in [0.15, 0.2) is 11.6 Å². The fourth-order valence-electron chi connectivity index (χ4n) is 1.40. The summed E-state index contributed by atoms with van der Waals surface area (Å²) >= 11 is 0. The summed E-state index contributed by atoms with van der Waals surface area (Å²) in [7, 11) is 2.14. The number of hydrogen-bond acceptors (Lipinski definition) is 1. The number of hydrogen-bond donors (Lipinski definition) is 0. The second-order valence-corrected chi connectivity index (χ2v) is 3.36. The second kappa shape index (κ2) is 2.61. The van der Waals surface area contributed by atoms with Gasteiger partial charge in [0, 0.05) is 5.92 Å². The Kier molecular flexibility index (Phi) is 1.98. The van der Waals surface area contributed by atoms with Crippen molar-refractivity contribution in [3.8, 4) is 0 Å². The van der Waals surface area contributed by atoms with Crippen LogP contribution in [0.3, 0.4) is 0 Å². The second-order valence-electron chi connectivity index (χ2n) is 3.36. The Bertz CT molecular complexity index is 184. The van der Waals surface area contributed by atoms with Gasteiger partial charge in [0.2, 0.25) is 0 Å². The summed E-state index contributed by atoms with van der Waals surface area (Å²) in [6.07, 6.45) is 2.87. The molecule has 0 aromatic heterocycles. The molecule has 1 rings (SSSR count).